The first-order valence-corrected chi connectivity index (χ1v) is 9.49. The number of carbonyl (C=O) groups is 1. The highest BCUT2D eigenvalue weighted by atomic mass is 16.5. The molecule has 2 aromatic rings. The minimum absolute atomic E-state index is 0.0900. The Bertz CT molecular complexity index is 913. The van der Waals surface area contributed by atoms with Gasteiger partial charge < -0.3 is 4.74 Å². The molecule has 1 atom stereocenters. The van der Waals surface area contributed by atoms with E-state index in [1.165, 1.54) is 0 Å². The number of allylic oxidation sites excluding steroid dienone is 3. The molecule has 2 aromatic carbocycles. The van der Waals surface area contributed by atoms with Gasteiger partial charge in [0.1, 0.15) is 5.75 Å². The van der Waals surface area contributed by atoms with Crippen molar-refractivity contribution in [2.45, 2.75) is 26.7 Å². The third-order valence-corrected chi connectivity index (χ3v) is 4.95. The number of nitrogens with one attached hydrogen (secondary N) is 1. The summed E-state index contributed by atoms with van der Waals surface area (Å²) in [6.07, 6.45) is 3.93. The zero-order valence-electron chi connectivity index (χ0n) is 16.4. The SMILES string of the molecule is C=C(C)C1CC=C(C)/C(=N/NC(=O)COc2ccccc2-c2ccccc2)C1. The summed E-state index contributed by atoms with van der Waals surface area (Å²) in [5.41, 5.74) is 7.78. The Balaban J connectivity index is 1.62. The number of amides is 1. The molecule has 0 spiro atoms. The molecule has 0 aromatic heterocycles. The van der Waals surface area contributed by atoms with Crippen molar-refractivity contribution >= 4 is 11.6 Å². The van der Waals surface area contributed by atoms with Gasteiger partial charge in [-0.1, -0.05) is 66.8 Å². The first-order valence-electron chi connectivity index (χ1n) is 9.49. The van der Waals surface area contributed by atoms with Gasteiger partial charge in [-0.2, -0.15) is 5.10 Å². The van der Waals surface area contributed by atoms with Crippen LogP contribution in [-0.4, -0.2) is 18.2 Å². The minimum atomic E-state index is -0.277. The monoisotopic (exact) mass is 374 g/mol. The van der Waals surface area contributed by atoms with Crippen molar-refractivity contribution in [3.05, 3.63) is 78.4 Å². The van der Waals surface area contributed by atoms with E-state index in [1.54, 1.807) is 0 Å². The molecule has 0 saturated heterocycles. The summed E-state index contributed by atoms with van der Waals surface area (Å²) in [5, 5.41) is 4.32. The molecule has 3 rings (SSSR count). The molecule has 0 fully saturated rings. The zero-order chi connectivity index (χ0) is 19.9. The highest BCUT2D eigenvalue weighted by molar-refractivity contribution is 6.01. The van der Waals surface area contributed by atoms with Crippen LogP contribution >= 0.6 is 0 Å². The molecule has 1 N–H and O–H groups in total. The Labute approximate surface area is 166 Å². The quantitative estimate of drug-likeness (QED) is 0.562. The van der Waals surface area contributed by atoms with Gasteiger partial charge in [0.2, 0.25) is 0 Å². The molecule has 0 saturated carbocycles. The summed E-state index contributed by atoms with van der Waals surface area (Å²) in [7, 11) is 0. The van der Waals surface area contributed by atoms with Gasteiger partial charge in [-0.05, 0) is 49.8 Å². The number of hydrogen-bond acceptors (Lipinski definition) is 3. The molecule has 1 aliphatic rings. The Kier molecular flexibility index (Phi) is 6.43. The topological polar surface area (TPSA) is 50.7 Å². The van der Waals surface area contributed by atoms with E-state index in [0.29, 0.717) is 11.7 Å². The lowest BCUT2D eigenvalue weighted by atomic mass is 9.85. The zero-order valence-corrected chi connectivity index (χ0v) is 16.4. The lowest BCUT2D eigenvalue weighted by Gasteiger charge is -2.22. The van der Waals surface area contributed by atoms with Crippen molar-refractivity contribution in [3.8, 4) is 16.9 Å². The Morgan fingerprint density at radius 3 is 2.64 bits per heavy atom. The van der Waals surface area contributed by atoms with Gasteiger partial charge in [0, 0.05) is 5.56 Å². The first-order chi connectivity index (χ1) is 13.5. The van der Waals surface area contributed by atoms with E-state index in [1.807, 2.05) is 68.4 Å². The second kappa shape index (κ2) is 9.18. The molecule has 1 unspecified atom stereocenters. The summed E-state index contributed by atoms with van der Waals surface area (Å²) in [6.45, 7) is 8.00. The maximum absolute atomic E-state index is 12.2. The predicted molar refractivity (Wildman–Crippen MR) is 114 cm³/mol. The molecule has 144 valence electrons. The third kappa shape index (κ3) is 4.97. The molecular weight excluding hydrogens is 348 g/mol. The second-order valence-corrected chi connectivity index (χ2v) is 7.11. The molecule has 0 bridgehead atoms. The third-order valence-electron chi connectivity index (χ3n) is 4.95. The Hall–Kier alpha value is -3.14. The van der Waals surface area contributed by atoms with Crippen LogP contribution in [0, 0.1) is 5.92 Å². The van der Waals surface area contributed by atoms with E-state index in [4.69, 9.17) is 4.74 Å². The number of carbonyl (C=O) groups excluding carboxylic acids is 1. The summed E-state index contributed by atoms with van der Waals surface area (Å²) in [5.74, 6) is 0.779. The smallest absolute Gasteiger partial charge is 0.277 e. The summed E-state index contributed by atoms with van der Waals surface area (Å²) >= 11 is 0. The van der Waals surface area contributed by atoms with E-state index in [9.17, 15) is 4.79 Å². The second-order valence-electron chi connectivity index (χ2n) is 7.11. The number of hydrogen-bond donors (Lipinski definition) is 1. The number of nitrogens with zero attached hydrogens (tertiary/aromatic N) is 1. The summed E-state index contributed by atoms with van der Waals surface area (Å²) in [6, 6.07) is 17.7. The molecule has 0 heterocycles. The maximum atomic E-state index is 12.2. The van der Waals surface area contributed by atoms with Crippen molar-refractivity contribution in [3.63, 3.8) is 0 Å². The number of benzene rings is 2. The van der Waals surface area contributed by atoms with Crippen LogP contribution in [0.15, 0.2) is 83.5 Å². The molecule has 28 heavy (non-hydrogen) atoms. The van der Waals surface area contributed by atoms with Crippen LogP contribution < -0.4 is 10.2 Å². The fourth-order valence-corrected chi connectivity index (χ4v) is 3.18. The Morgan fingerprint density at radius 1 is 1.18 bits per heavy atom. The molecule has 1 amide bonds. The number of ether oxygens (including phenoxy) is 1. The first kappa shape index (κ1) is 19.6. The standard InChI is InChI=1S/C24H26N2O2/c1-17(2)20-14-13-18(3)22(15-20)25-26-24(27)16-28-23-12-8-7-11-21(23)19-9-5-4-6-10-19/h4-13,20H,1,14-16H2,2-3H3,(H,26,27)/b25-22+. The van der Waals surface area contributed by atoms with Crippen LogP contribution in [0.4, 0.5) is 0 Å². The Morgan fingerprint density at radius 2 is 1.89 bits per heavy atom. The van der Waals surface area contributed by atoms with Gasteiger partial charge in [0.15, 0.2) is 6.61 Å². The lowest BCUT2D eigenvalue weighted by molar-refractivity contribution is -0.123. The van der Waals surface area contributed by atoms with Gasteiger partial charge in [-0.15, -0.1) is 0 Å². The van der Waals surface area contributed by atoms with Crippen molar-refractivity contribution in [2.24, 2.45) is 11.0 Å². The highest BCUT2D eigenvalue weighted by Crippen LogP contribution is 2.29. The highest BCUT2D eigenvalue weighted by Gasteiger charge is 2.19. The van der Waals surface area contributed by atoms with Gasteiger partial charge in [-0.25, -0.2) is 5.43 Å². The van der Waals surface area contributed by atoms with Gasteiger partial charge in [0.25, 0.3) is 5.91 Å². The predicted octanol–water partition coefficient (Wildman–Crippen LogP) is 5.14. The fourth-order valence-electron chi connectivity index (χ4n) is 3.18. The van der Waals surface area contributed by atoms with Gasteiger partial charge in [0.05, 0.1) is 5.71 Å². The average molecular weight is 374 g/mol. The number of para-hydroxylation sites is 1. The van der Waals surface area contributed by atoms with Crippen LogP contribution in [-0.2, 0) is 4.79 Å². The molecule has 1 aliphatic carbocycles. The van der Waals surface area contributed by atoms with Crippen LogP contribution in [0.2, 0.25) is 0 Å². The average Bonchev–Trinajstić information content (AvgIpc) is 2.72. The molecule has 0 aliphatic heterocycles. The molecule has 4 nitrogen and oxygen atoms in total. The van der Waals surface area contributed by atoms with Crippen molar-refractivity contribution in [1.82, 2.24) is 5.43 Å². The lowest BCUT2D eigenvalue weighted by Crippen LogP contribution is -2.27. The van der Waals surface area contributed by atoms with E-state index in [0.717, 1.165) is 40.8 Å². The van der Waals surface area contributed by atoms with E-state index in [-0.39, 0.29) is 12.5 Å². The van der Waals surface area contributed by atoms with Crippen molar-refractivity contribution in [1.29, 1.82) is 0 Å². The summed E-state index contributed by atoms with van der Waals surface area (Å²) < 4.78 is 5.77. The van der Waals surface area contributed by atoms with Crippen LogP contribution in [0.1, 0.15) is 26.7 Å². The maximum Gasteiger partial charge on any atom is 0.277 e. The van der Waals surface area contributed by atoms with E-state index >= 15 is 0 Å². The normalized spacial score (nSPS) is 17.7. The molecular formula is C24H26N2O2. The molecule has 4 heteroatoms. The van der Waals surface area contributed by atoms with Crippen LogP contribution in [0.5, 0.6) is 5.75 Å². The van der Waals surface area contributed by atoms with E-state index < -0.39 is 0 Å². The fraction of sp³-hybridized carbons (Fsp3) is 0.250. The number of rotatable bonds is 6. The molecule has 0 radical (unpaired) electrons. The van der Waals surface area contributed by atoms with Gasteiger partial charge in [-0.3, -0.25) is 4.79 Å². The largest absolute Gasteiger partial charge is 0.483 e. The van der Waals surface area contributed by atoms with Crippen molar-refractivity contribution < 1.29 is 9.53 Å². The van der Waals surface area contributed by atoms with Crippen molar-refractivity contribution in [2.75, 3.05) is 6.61 Å². The minimum Gasteiger partial charge on any atom is -0.483 e. The van der Waals surface area contributed by atoms with Gasteiger partial charge >= 0.3 is 0 Å². The number of hydrazone groups is 1. The summed E-state index contributed by atoms with van der Waals surface area (Å²) in [4.78, 5) is 12.2. The van der Waals surface area contributed by atoms with Crippen LogP contribution in [0.3, 0.4) is 0 Å². The van der Waals surface area contributed by atoms with E-state index in [2.05, 4.69) is 23.2 Å². The van der Waals surface area contributed by atoms with Crippen LogP contribution in [0.25, 0.3) is 11.1 Å².